The normalized spacial score (nSPS) is 19.5. The average Bonchev–Trinajstić information content (AvgIpc) is 3.42. The van der Waals surface area contributed by atoms with Crippen LogP contribution in [0.15, 0.2) is 53.6 Å². The summed E-state index contributed by atoms with van der Waals surface area (Å²) >= 11 is 0. The molecule has 1 aliphatic carbocycles. The number of amides is 1. The van der Waals surface area contributed by atoms with Crippen molar-refractivity contribution in [1.29, 1.82) is 0 Å². The molecule has 0 bridgehead atoms. The van der Waals surface area contributed by atoms with Gasteiger partial charge in [0.1, 0.15) is 0 Å². The first-order chi connectivity index (χ1) is 12.8. The van der Waals surface area contributed by atoms with Gasteiger partial charge in [-0.15, -0.1) is 0 Å². The second-order valence-corrected chi connectivity index (χ2v) is 8.88. The van der Waals surface area contributed by atoms with Crippen LogP contribution in [-0.4, -0.2) is 12.1 Å². The zero-order valence-electron chi connectivity index (χ0n) is 17.0. The van der Waals surface area contributed by atoms with Crippen molar-refractivity contribution < 1.29 is 4.79 Å². The van der Waals surface area contributed by atoms with Crippen molar-refractivity contribution in [3.05, 3.63) is 70.8 Å². The van der Waals surface area contributed by atoms with Gasteiger partial charge in [0.05, 0.1) is 6.21 Å². The molecule has 27 heavy (non-hydrogen) atoms. The van der Waals surface area contributed by atoms with E-state index in [2.05, 4.69) is 81.5 Å². The fourth-order valence-corrected chi connectivity index (χ4v) is 3.30. The van der Waals surface area contributed by atoms with Gasteiger partial charge in [0.15, 0.2) is 0 Å². The van der Waals surface area contributed by atoms with E-state index < -0.39 is 0 Å². The minimum absolute atomic E-state index is 0.00921. The highest BCUT2D eigenvalue weighted by Crippen LogP contribution is 2.47. The maximum Gasteiger partial charge on any atom is 0.243 e. The maximum absolute atomic E-state index is 12.3. The van der Waals surface area contributed by atoms with Crippen LogP contribution in [0.4, 0.5) is 0 Å². The van der Waals surface area contributed by atoms with Crippen molar-refractivity contribution in [2.75, 3.05) is 0 Å². The molecule has 2 aromatic rings. The lowest BCUT2D eigenvalue weighted by Crippen LogP contribution is -2.20. The molecule has 0 spiro atoms. The molecule has 0 unspecified atom stereocenters. The number of benzene rings is 2. The molecule has 2 atom stereocenters. The highest BCUT2D eigenvalue weighted by Gasteiger charge is 2.43. The van der Waals surface area contributed by atoms with Crippen molar-refractivity contribution in [2.24, 2.45) is 11.0 Å². The number of rotatable bonds is 5. The van der Waals surface area contributed by atoms with E-state index in [1.807, 2.05) is 12.1 Å². The van der Waals surface area contributed by atoms with Gasteiger partial charge in [0.25, 0.3) is 0 Å². The number of hydrogen-bond donors (Lipinski definition) is 1. The summed E-state index contributed by atoms with van der Waals surface area (Å²) < 4.78 is 0. The number of nitrogens with zero attached hydrogens (tertiary/aromatic N) is 1. The Hall–Kier alpha value is -2.42. The van der Waals surface area contributed by atoms with Gasteiger partial charge < -0.3 is 0 Å². The summed E-state index contributed by atoms with van der Waals surface area (Å²) in [4.78, 5) is 12.3. The summed E-state index contributed by atoms with van der Waals surface area (Å²) in [5.41, 5.74) is 7.71. The number of hydrazone groups is 1. The molecule has 0 aromatic heterocycles. The van der Waals surface area contributed by atoms with Crippen LogP contribution in [0.1, 0.15) is 75.1 Å². The zero-order chi connectivity index (χ0) is 19.6. The van der Waals surface area contributed by atoms with E-state index in [1.54, 1.807) is 6.21 Å². The summed E-state index contributed by atoms with van der Waals surface area (Å²) in [6.45, 7) is 11.0. The highest BCUT2D eigenvalue weighted by molar-refractivity contribution is 5.85. The van der Waals surface area contributed by atoms with Crippen LogP contribution in [0.3, 0.4) is 0 Å². The van der Waals surface area contributed by atoms with Gasteiger partial charge in [-0.25, -0.2) is 5.43 Å². The third kappa shape index (κ3) is 4.85. The first kappa shape index (κ1) is 19.3. The summed E-state index contributed by atoms with van der Waals surface area (Å²) in [5, 5.41) is 4.13. The molecule has 0 aliphatic heterocycles. The minimum atomic E-state index is 0.00921. The van der Waals surface area contributed by atoms with Gasteiger partial charge in [-0.2, -0.15) is 5.10 Å². The lowest BCUT2D eigenvalue weighted by Gasteiger charge is -2.19. The van der Waals surface area contributed by atoms with Crippen molar-refractivity contribution in [3.8, 4) is 0 Å². The van der Waals surface area contributed by atoms with Crippen LogP contribution in [-0.2, 0) is 10.2 Å². The minimum Gasteiger partial charge on any atom is -0.273 e. The predicted octanol–water partition coefficient (Wildman–Crippen LogP) is 5.36. The Labute approximate surface area is 162 Å². The average molecular weight is 363 g/mol. The molecule has 3 nitrogen and oxygen atoms in total. The van der Waals surface area contributed by atoms with Gasteiger partial charge in [-0.1, -0.05) is 83.1 Å². The molecule has 0 saturated heterocycles. The van der Waals surface area contributed by atoms with E-state index in [4.69, 9.17) is 0 Å². The third-order valence-electron chi connectivity index (χ3n) is 5.32. The summed E-state index contributed by atoms with van der Waals surface area (Å²) in [5.74, 6) is 0.875. The van der Waals surface area contributed by atoms with Crippen LogP contribution in [0, 0.1) is 5.92 Å². The lowest BCUT2D eigenvalue weighted by molar-refractivity contribution is -0.122. The van der Waals surface area contributed by atoms with Crippen LogP contribution in [0.5, 0.6) is 0 Å². The molecule has 3 heteroatoms. The van der Waals surface area contributed by atoms with Crippen LogP contribution >= 0.6 is 0 Å². The molecular formula is C24H30N2O. The summed E-state index contributed by atoms with van der Waals surface area (Å²) in [7, 11) is 0. The monoisotopic (exact) mass is 362 g/mol. The van der Waals surface area contributed by atoms with Gasteiger partial charge in [-0.05, 0) is 45.9 Å². The highest BCUT2D eigenvalue weighted by atomic mass is 16.2. The molecule has 1 aliphatic rings. The van der Waals surface area contributed by atoms with E-state index in [0.717, 1.165) is 12.0 Å². The molecule has 3 rings (SSSR count). The Morgan fingerprint density at radius 2 is 1.70 bits per heavy atom. The van der Waals surface area contributed by atoms with Crippen molar-refractivity contribution in [1.82, 2.24) is 5.43 Å². The van der Waals surface area contributed by atoms with E-state index in [-0.39, 0.29) is 17.2 Å². The molecular weight excluding hydrogens is 332 g/mol. The number of nitrogens with one attached hydrogen (secondary N) is 1. The van der Waals surface area contributed by atoms with E-state index in [1.165, 1.54) is 16.7 Å². The first-order valence-corrected chi connectivity index (χ1v) is 9.79. The van der Waals surface area contributed by atoms with Crippen LogP contribution in [0.25, 0.3) is 0 Å². The van der Waals surface area contributed by atoms with E-state index in [9.17, 15) is 4.79 Å². The maximum atomic E-state index is 12.3. The van der Waals surface area contributed by atoms with Crippen LogP contribution in [0.2, 0.25) is 0 Å². The molecule has 1 saturated carbocycles. The Morgan fingerprint density at radius 1 is 1.07 bits per heavy atom. The fourth-order valence-electron chi connectivity index (χ4n) is 3.30. The molecule has 2 aromatic carbocycles. The largest absolute Gasteiger partial charge is 0.273 e. The molecule has 0 heterocycles. The molecule has 1 amide bonds. The number of carbonyl (C=O) groups is 1. The van der Waals surface area contributed by atoms with Gasteiger partial charge in [0, 0.05) is 5.92 Å². The van der Waals surface area contributed by atoms with Crippen molar-refractivity contribution in [3.63, 3.8) is 0 Å². The molecule has 142 valence electrons. The summed E-state index contributed by atoms with van der Waals surface area (Å²) in [6, 6.07) is 17.0. The molecule has 1 N–H and O–H groups in total. The Kier molecular flexibility index (Phi) is 5.50. The number of hydrogen-bond acceptors (Lipinski definition) is 2. The number of carbonyl (C=O) groups excluding carboxylic acids is 1. The molecule has 0 radical (unpaired) electrons. The van der Waals surface area contributed by atoms with E-state index in [0.29, 0.717) is 11.8 Å². The smallest absolute Gasteiger partial charge is 0.243 e. The summed E-state index contributed by atoms with van der Waals surface area (Å²) in [6.07, 6.45) is 2.61. The van der Waals surface area contributed by atoms with Crippen molar-refractivity contribution in [2.45, 2.75) is 58.3 Å². The first-order valence-electron chi connectivity index (χ1n) is 9.79. The van der Waals surface area contributed by atoms with Gasteiger partial charge in [0.2, 0.25) is 5.91 Å². The second-order valence-electron chi connectivity index (χ2n) is 8.88. The van der Waals surface area contributed by atoms with E-state index >= 15 is 0 Å². The van der Waals surface area contributed by atoms with Gasteiger partial charge >= 0.3 is 0 Å². The quantitative estimate of drug-likeness (QED) is 0.564. The Bertz CT molecular complexity index is 811. The van der Waals surface area contributed by atoms with Crippen molar-refractivity contribution >= 4 is 12.1 Å². The predicted molar refractivity (Wildman–Crippen MR) is 112 cm³/mol. The zero-order valence-corrected chi connectivity index (χ0v) is 17.0. The standard InChI is InChI=1S/C24H30N2O/c1-16(2)18-8-6-17(7-9-18)15-25-26-23(27)22-14-21(22)19-10-12-20(13-11-19)24(3,4)5/h6-13,15-16,21-22H,14H2,1-5H3,(H,26,27)/t21-,22-/m1/s1. The Morgan fingerprint density at radius 3 is 2.26 bits per heavy atom. The molecule has 1 fully saturated rings. The Balaban J connectivity index is 1.52. The lowest BCUT2D eigenvalue weighted by atomic mass is 9.86. The topological polar surface area (TPSA) is 41.5 Å². The second kappa shape index (κ2) is 7.67. The fraction of sp³-hybridized carbons (Fsp3) is 0.417. The SMILES string of the molecule is CC(C)c1ccc(C=NNC(=O)[C@@H]2C[C@@H]2c2ccc(C(C)(C)C)cc2)cc1. The van der Waals surface area contributed by atoms with Gasteiger partial charge in [-0.3, -0.25) is 4.79 Å². The van der Waals surface area contributed by atoms with Crippen LogP contribution < -0.4 is 5.43 Å². The third-order valence-corrected chi connectivity index (χ3v) is 5.32.